The molecule has 0 amide bonds. The van der Waals surface area contributed by atoms with Crippen molar-refractivity contribution < 1.29 is 13.2 Å². The molecule has 0 radical (unpaired) electrons. The first-order valence-electron chi connectivity index (χ1n) is 4.75. The summed E-state index contributed by atoms with van der Waals surface area (Å²) in [6.07, 6.45) is 2.10. The van der Waals surface area contributed by atoms with E-state index >= 15 is 0 Å². The third kappa shape index (κ3) is 1.95. The van der Waals surface area contributed by atoms with Crippen molar-refractivity contribution in [2.24, 2.45) is 0 Å². The van der Waals surface area contributed by atoms with Gasteiger partial charge >= 0.3 is 0 Å². The van der Waals surface area contributed by atoms with Crippen molar-refractivity contribution in [2.75, 3.05) is 6.54 Å². The summed E-state index contributed by atoms with van der Waals surface area (Å²) in [5.74, 6) is 0.189. The summed E-state index contributed by atoms with van der Waals surface area (Å²) in [7, 11) is -3.46. The summed E-state index contributed by atoms with van der Waals surface area (Å²) in [6.45, 7) is 2.22. The van der Waals surface area contributed by atoms with Gasteiger partial charge in [0.15, 0.2) is 0 Å². The molecule has 1 unspecified atom stereocenters. The van der Waals surface area contributed by atoms with E-state index in [9.17, 15) is 8.42 Å². The minimum Gasteiger partial charge on any atom is -0.472 e. The standard InChI is InChI=1S/C9H12N2O3S/c1-2-7-6-11-15(12,13)8-4-3-5-10-9(8)14-7/h3-5,7,11H,2,6H2,1H3. The number of aromatic nitrogens is 1. The molecule has 2 heterocycles. The van der Waals surface area contributed by atoms with E-state index in [1.807, 2.05) is 6.92 Å². The number of nitrogens with one attached hydrogen (secondary N) is 1. The SMILES string of the molecule is CCC1CNS(=O)(=O)c2cccnc2O1. The van der Waals surface area contributed by atoms with Crippen LogP contribution in [0.25, 0.3) is 0 Å². The molecule has 0 aromatic carbocycles. The van der Waals surface area contributed by atoms with E-state index in [1.165, 1.54) is 12.3 Å². The monoisotopic (exact) mass is 228 g/mol. The van der Waals surface area contributed by atoms with Gasteiger partial charge in [-0.1, -0.05) is 6.92 Å². The molecule has 6 heteroatoms. The molecule has 15 heavy (non-hydrogen) atoms. The van der Waals surface area contributed by atoms with Crippen LogP contribution in [0, 0.1) is 0 Å². The van der Waals surface area contributed by atoms with Crippen LogP contribution in [0.1, 0.15) is 13.3 Å². The second-order valence-corrected chi connectivity index (χ2v) is 5.04. The smallest absolute Gasteiger partial charge is 0.246 e. The molecule has 0 aliphatic carbocycles. The topological polar surface area (TPSA) is 68.3 Å². The number of rotatable bonds is 1. The maximum absolute atomic E-state index is 11.7. The number of hydrogen-bond donors (Lipinski definition) is 1. The minimum absolute atomic E-state index is 0.112. The molecule has 1 aliphatic rings. The molecule has 1 N–H and O–H groups in total. The Hall–Kier alpha value is -1.14. The lowest BCUT2D eigenvalue weighted by Crippen LogP contribution is -2.31. The zero-order valence-electron chi connectivity index (χ0n) is 8.30. The fraction of sp³-hybridized carbons (Fsp3) is 0.444. The van der Waals surface area contributed by atoms with Crippen molar-refractivity contribution in [3.8, 4) is 5.88 Å². The van der Waals surface area contributed by atoms with Crippen LogP contribution in [0.5, 0.6) is 5.88 Å². The Bertz CT molecular complexity index is 458. The van der Waals surface area contributed by atoms with Crippen molar-refractivity contribution in [2.45, 2.75) is 24.3 Å². The van der Waals surface area contributed by atoms with Gasteiger partial charge in [-0.25, -0.2) is 18.1 Å². The summed E-state index contributed by atoms with van der Waals surface area (Å²) >= 11 is 0. The molecule has 5 nitrogen and oxygen atoms in total. The Kier molecular flexibility index (Phi) is 2.62. The van der Waals surface area contributed by atoms with E-state index in [4.69, 9.17) is 4.74 Å². The predicted molar refractivity (Wildman–Crippen MR) is 54.1 cm³/mol. The van der Waals surface area contributed by atoms with E-state index in [0.717, 1.165) is 6.42 Å². The third-order valence-electron chi connectivity index (χ3n) is 2.26. The first-order chi connectivity index (χ1) is 7.13. The molecular weight excluding hydrogens is 216 g/mol. The zero-order valence-corrected chi connectivity index (χ0v) is 9.12. The molecule has 1 atom stereocenters. The van der Waals surface area contributed by atoms with Gasteiger partial charge in [-0.05, 0) is 18.6 Å². The molecule has 0 saturated heterocycles. The minimum atomic E-state index is -3.46. The zero-order chi connectivity index (χ0) is 10.9. The highest BCUT2D eigenvalue weighted by atomic mass is 32.2. The van der Waals surface area contributed by atoms with Crippen LogP contribution in [0.2, 0.25) is 0 Å². The number of ether oxygens (including phenoxy) is 1. The molecule has 0 saturated carbocycles. The Labute approximate surface area is 88.5 Å². The van der Waals surface area contributed by atoms with Crippen LogP contribution in [0.15, 0.2) is 23.2 Å². The van der Waals surface area contributed by atoms with Gasteiger partial charge in [-0.3, -0.25) is 0 Å². The number of sulfonamides is 1. The first kappa shape index (κ1) is 10.4. The van der Waals surface area contributed by atoms with Crippen LogP contribution in [-0.2, 0) is 10.0 Å². The number of nitrogens with zero attached hydrogens (tertiary/aromatic N) is 1. The highest BCUT2D eigenvalue weighted by Gasteiger charge is 2.27. The average Bonchev–Trinajstić information content (AvgIpc) is 2.36. The molecule has 0 spiro atoms. The molecule has 0 fully saturated rings. The quantitative estimate of drug-likeness (QED) is 0.761. The number of fused-ring (bicyclic) bond motifs is 1. The van der Waals surface area contributed by atoms with Crippen molar-refractivity contribution >= 4 is 10.0 Å². The second-order valence-electron chi connectivity index (χ2n) is 3.31. The molecule has 2 rings (SSSR count). The first-order valence-corrected chi connectivity index (χ1v) is 6.23. The van der Waals surface area contributed by atoms with Crippen LogP contribution in [0.3, 0.4) is 0 Å². The summed E-state index contributed by atoms with van der Waals surface area (Å²) in [4.78, 5) is 4.04. The molecule has 1 aromatic heterocycles. The summed E-state index contributed by atoms with van der Waals surface area (Å²) in [5.41, 5.74) is 0. The van der Waals surface area contributed by atoms with Gasteiger partial charge in [0.1, 0.15) is 11.0 Å². The Morgan fingerprint density at radius 2 is 2.47 bits per heavy atom. The normalized spacial score (nSPS) is 23.7. The van der Waals surface area contributed by atoms with Gasteiger partial charge in [-0.15, -0.1) is 0 Å². The average molecular weight is 228 g/mol. The molecule has 82 valence electrons. The third-order valence-corrected chi connectivity index (χ3v) is 3.70. The Balaban J connectivity index is 2.50. The largest absolute Gasteiger partial charge is 0.472 e. The van der Waals surface area contributed by atoms with Crippen molar-refractivity contribution in [3.63, 3.8) is 0 Å². The van der Waals surface area contributed by atoms with Crippen LogP contribution < -0.4 is 9.46 Å². The highest BCUT2D eigenvalue weighted by molar-refractivity contribution is 7.89. The van der Waals surface area contributed by atoms with Crippen LogP contribution in [0.4, 0.5) is 0 Å². The molecule has 1 aliphatic heterocycles. The van der Waals surface area contributed by atoms with Gasteiger partial charge in [0, 0.05) is 12.7 Å². The summed E-state index contributed by atoms with van der Waals surface area (Å²) in [6, 6.07) is 3.07. The lowest BCUT2D eigenvalue weighted by atomic mass is 10.3. The second kappa shape index (κ2) is 3.79. The van der Waals surface area contributed by atoms with E-state index in [0.29, 0.717) is 0 Å². The Morgan fingerprint density at radius 3 is 3.20 bits per heavy atom. The number of hydrogen-bond acceptors (Lipinski definition) is 4. The molecule has 1 aromatic rings. The fourth-order valence-electron chi connectivity index (χ4n) is 1.38. The highest BCUT2D eigenvalue weighted by Crippen LogP contribution is 2.24. The Morgan fingerprint density at radius 1 is 1.67 bits per heavy atom. The fourth-order valence-corrected chi connectivity index (χ4v) is 2.53. The lowest BCUT2D eigenvalue weighted by molar-refractivity contribution is 0.191. The summed E-state index contributed by atoms with van der Waals surface area (Å²) < 4.78 is 31.4. The van der Waals surface area contributed by atoms with Crippen LogP contribution in [-0.4, -0.2) is 26.1 Å². The molecule has 0 bridgehead atoms. The maximum atomic E-state index is 11.7. The van der Waals surface area contributed by atoms with Gasteiger partial charge in [0.05, 0.1) is 0 Å². The van der Waals surface area contributed by atoms with Crippen molar-refractivity contribution in [1.82, 2.24) is 9.71 Å². The predicted octanol–water partition coefficient (Wildman–Crippen LogP) is 0.531. The van der Waals surface area contributed by atoms with Crippen LogP contribution >= 0.6 is 0 Å². The van der Waals surface area contributed by atoms with E-state index in [-0.39, 0.29) is 23.4 Å². The summed E-state index contributed by atoms with van der Waals surface area (Å²) in [5, 5.41) is 0. The van der Waals surface area contributed by atoms with E-state index in [1.54, 1.807) is 6.07 Å². The van der Waals surface area contributed by atoms with Gasteiger partial charge < -0.3 is 4.74 Å². The van der Waals surface area contributed by atoms with Crippen molar-refractivity contribution in [1.29, 1.82) is 0 Å². The lowest BCUT2D eigenvalue weighted by Gasteiger charge is -2.12. The van der Waals surface area contributed by atoms with E-state index in [2.05, 4.69) is 9.71 Å². The maximum Gasteiger partial charge on any atom is 0.246 e. The van der Waals surface area contributed by atoms with Crippen molar-refractivity contribution in [3.05, 3.63) is 18.3 Å². The number of pyridine rings is 1. The van der Waals surface area contributed by atoms with E-state index < -0.39 is 10.0 Å². The van der Waals surface area contributed by atoms with Gasteiger partial charge in [0.25, 0.3) is 0 Å². The van der Waals surface area contributed by atoms with Gasteiger partial charge in [-0.2, -0.15) is 0 Å². The molecular formula is C9H12N2O3S. The van der Waals surface area contributed by atoms with Gasteiger partial charge in [0.2, 0.25) is 15.9 Å².